The number of rotatable bonds is 8. The van der Waals surface area contributed by atoms with Crippen LogP contribution < -0.4 is 16.0 Å². The standard InChI is InChI=1S/C19H29N3O2/c1-15-7-5-6-8-17(15)22-19(24)10-4-2-3-9-18(23)21-16-11-13-20-14-12-16/h5-8,16,20H,2-4,9-14H2,1H3,(H,21,23)(H,22,24). The molecule has 1 aromatic rings. The van der Waals surface area contributed by atoms with E-state index in [9.17, 15) is 9.59 Å². The van der Waals surface area contributed by atoms with Crippen molar-refractivity contribution in [2.24, 2.45) is 0 Å². The van der Waals surface area contributed by atoms with Gasteiger partial charge in [0.15, 0.2) is 0 Å². The minimum Gasteiger partial charge on any atom is -0.353 e. The summed E-state index contributed by atoms with van der Waals surface area (Å²) in [4.78, 5) is 23.8. The molecule has 0 atom stereocenters. The van der Waals surface area contributed by atoms with Crippen LogP contribution in [0.25, 0.3) is 0 Å². The normalized spacial score (nSPS) is 15.0. The number of amides is 2. The van der Waals surface area contributed by atoms with E-state index in [0.29, 0.717) is 18.9 Å². The van der Waals surface area contributed by atoms with E-state index in [1.807, 2.05) is 31.2 Å². The van der Waals surface area contributed by atoms with Crippen LogP contribution in [-0.4, -0.2) is 30.9 Å². The molecule has 0 unspecified atom stereocenters. The maximum Gasteiger partial charge on any atom is 0.224 e. The second-order valence-electron chi connectivity index (χ2n) is 6.52. The van der Waals surface area contributed by atoms with Crippen LogP contribution in [0.1, 0.15) is 50.5 Å². The number of hydrogen-bond donors (Lipinski definition) is 3. The molecule has 5 heteroatoms. The van der Waals surface area contributed by atoms with Gasteiger partial charge in [-0.3, -0.25) is 9.59 Å². The highest BCUT2D eigenvalue weighted by Gasteiger charge is 2.14. The minimum absolute atomic E-state index is 0.0449. The predicted octanol–water partition coefficient (Wildman–Crippen LogP) is 2.75. The smallest absolute Gasteiger partial charge is 0.224 e. The summed E-state index contributed by atoms with van der Waals surface area (Å²) in [6, 6.07) is 8.11. The zero-order valence-electron chi connectivity index (χ0n) is 14.6. The van der Waals surface area contributed by atoms with Crippen LogP contribution in [0.3, 0.4) is 0 Å². The van der Waals surface area contributed by atoms with E-state index in [0.717, 1.165) is 56.4 Å². The van der Waals surface area contributed by atoms with E-state index in [1.165, 1.54) is 0 Å². The lowest BCUT2D eigenvalue weighted by Gasteiger charge is -2.23. The highest BCUT2D eigenvalue weighted by atomic mass is 16.2. The number of nitrogens with one attached hydrogen (secondary N) is 3. The molecular formula is C19H29N3O2. The lowest BCUT2D eigenvalue weighted by atomic mass is 10.1. The average Bonchev–Trinajstić information content (AvgIpc) is 2.57. The minimum atomic E-state index is 0.0449. The number of unbranched alkanes of at least 4 members (excludes halogenated alkanes) is 2. The summed E-state index contributed by atoms with van der Waals surface area (Å²) < 4.78 is 0. The molecule has 1 aromatic carbocycles. The number of benzene rings is 1. The van der Waals surface area contributed by atoms with E-state index in [2.05, 4.69) is 16.0 Å². The summed E-state index contributed by atoms with van der Waals surface area (Å²) in [6.45, 7) is 3.96. The Bertz CT molecular complexity index is 539. The number of hydrogen-bond acceptors (Lipinski definition) is 3. The van der Waals surface area contributed by atoms with E-state index < -0.39 is 0 Å². The van der Waals surface area contributed by atoms with E-state index in [4.69, 9.17) is 0 Å². The molecule has 0 bridgehead atoms. The first-order chi connectivity index (χ1) is 11.6. The SMILES string of the molecule is Cc1ccccc1NC(=O)CCCCCC(=O)NC1CCNCC1. The van der Waals surface area contributed by atoms with Gasteiger partial charge in [0.05, 0.1) is 0 Å². The molecule has 2 rings (SSSR count). The third kappa shape index (κ3) is 6.71. The third-order valence-corrected chi connectivity index (χ3v) is 4.43. The van der Waals surface area contributed by atoms with Crippen LogP contribution in [0.2, 0.25) is 0 Å². The largest absolute Gasteiger partial charge is 0.353 e. The fourth-order valence-electron chi connectivity index (χ4n) is 2.94. The van der Waals surface area contributed by atoms with Crippen molar-refractivity contribution < 1.29 is 9.59 Å². The molecule has 2 amide bonds. The summed E-state index contributed by atoms with van der Waals surface area (Å²) in [7, 11) is 0. The maximum absolute atomic E-state index is 11.9. The maximum atomic E-state index is 11.9. The van der Waals surface area contributed by atoms with Gasteiger partial charge in [0, 0.05) is 24.6 Å². The third-order valence-electron chi connectivity index (χ3n) is 4.43. The molecule has 1 heterocycles. The molecule has 1 aliphatic heterocycles. The summed E-state index contributed by atoms with van der Waals surface area (Å²) in [5.74, 6) is 0.190. The van der Waals surface area contributed by atoms with Crippen molar-refractivity contribution in [1.82, 2.24) is 10.6 Å². The predicted molar refractivity (Wildman–Crippen MR) is 96.9 cm³/mol. The summed E-state index contributed by atoms with van der Waals surface area (Å²) in [5.41, 5.74) is 1.95. The Kier molecular flexibility index (Phi) is 7.75. The Morgan fingerprint density at radius 2 is 1.71 bits per heavy atom. The molecule has 0 spiro atoms. The number of aryl methyl sites for hydroxylation is 1. The Morgan fingerprint density at radius 1 is 1.04 bits per heavy atom. The second kappa shape index (κ2) is 10.1. The monoisotopic (exact) mass is 331 g/mol. The number of para-hydroxylation sites is 1. The van der Waals surface area contributed by atoms with Crippen molar-refractivity contribution in [3.8, 4) is 0 Å². The van der Waals surface area contributed by atoms with E-state index in [-0.39, 0.29) is 11.8 Å². The summed E-state index contributed by atoms with van der Waals surface area (Å²) in [6.07, 6.45) is 5.66. The molecule has 0 aromatic heterocycles. The molecule has 1 fully saturated rings. The van der Waals surface area contributed by atoms with Gasteiger partial charge < -0.3 is 16.0 Å². The highest BCUT2D eigenvalue weighted by Crippen LogP contribution is 2.14. The molecule has 0 radical (unpaired) electrons. The van der Waals surface area contributed by atoms with Crippen molar-refractivity contribution in [3.05, 3.63) is 29.8 Å². The lowest BCUT2D eigenvalue weighted by Crippen LogP contribution is -2.42. The molecule has 3 N–H and O–H groups in total. The highest BCUT2D eigenvalue weighted by molar-refractivity contribution is 5.91. The summed E-state index contributed by atoms with van der Waals surface area (Å²) in [5, 5.41) is 9.33. The van der Waals surface area contributed by atoms with Gasteiger partial charge >= 0.3 is 0 Å². The number of carbonyl (C=O) groups excluding carboxylic acids is 2. The molecule has 1 aliphatic rings. The topological polar surface area (TPSA) is 70.2 Å². The van der Waals surface area contributed by atoms with Crippen LogP contribution in [0.4, 0.5) is 5.69 Å². The number of carbonyl (C=O) groups is 2. The quantitative estimate of drug-likeness (QED) is 0.642. The van der Waals surface area contributed by atoms with Gasteiger partial charge in [-0.1, -0.05) is 24.6 Å². The van der Waals surface area contributed by atoms with Gasteiger partial charge in [-0.25, -0.2) is 0 Å². The van der Waals surface area contributed by atoms with Crippen molar-refractivity contribution in [3.63, 3.8) is 0 Å². The fourth-order valence-corrected chi connectivity index (χ4v) is 2.94. The lowest BCUT2D eigenvalue weighted by molar-refractivity contribution is -0.122. The van der Waals surface area contributed by atoms with Crippen LogP contribution >= 0.6 is 0 Å². The molecule has 132 valence electrons. The Morgan fingerprint density at radius 3 is 2.42 bits per heavy atom. The van der Waals surface area contributed by atoms with Crippen molar-refractivity contribution in [1.29, 1.82) is 0 Å². The van der Waals surface area contributed by atoms with Gasteiger partial charge in [-0.15, -0.1) is 0 Å². The molecule has 0 saturated carbocycles. The van der Waals surface area contributed by atoms with Crippen molar-refractivity contribution in [2.45, 2.75) is 57.9 Å². The Hall–Kier alpha value is -1.88. The van der Waals surface area contributed by atoms with Gasteiger partial charge in [0.1, 0.15) is 0 Å². The first-order valence-electron chi connectivity index (χ1n) is 9.00. The van der Waals surface area contributed by atoms with Gasteiger partial charge in [-0.2, -0.15) is 0 Å². The molecule has 1 saturated heterocycles. The van der Waals surface area contributed by atoms with Crippen LogP contribution in [0.15, 0.2) is 24.3 Å². The van der Waals surface area contributed by atoms with Crippen LogP contribution in [0.5, 0.6) is 0 Å². The van der Waals surface area contributed by atoms with Gasteiger partial charge in [0.25, 0.3) is 0 Å². The average molecular weight is 331 g/mol. The number of piperidine rings is 1. The van der Waals surface area contributed by atoms with Crippen LogP contribution in [-0.2, 0) is 9.59 Å². The second-order valence-corrected chi connectivity index (χ2v) is 6.52. The van der Waals surface area contributed by atoms with Gasteiger partial charge in [-0.05, 0) is 57.3 Å². The molecular weight excluding hydrogens is 302 g/mol. The van der Waals surface area contributed by atoms with Gasteiger partial charge in [0.2, 0.25) is 11.8 Å². The zero-order chi connectivity index (χ0) is 17.2. The first kappa shape index (κ1) is 18.5. The van der Waals surface area contributed by atoms with Crippen molar-refractivity contribution >= 4 is 17.5 Å². The Balaban J connectivity index is 1.53. The fraction of sp³-hybridized carbons (Fsp3) is 0.579. The molecule has 0 aliphatic carbocycles. The van der Waals surface area contributed by atoms with Crippen LogP contribution in [0, 0.1) is 6.92 Å². The molecule has 5 nitrogen and oxygen atoms in total. The van der Waals surface area contributed by atoms with Crippen molar-refractivity contribution in [2.75, 3.05) is 18.4 Å². The molecule has 24 heavy (non-hydrogen) atoms. The zero-order valence-corrected chi connectivity index (χ0v) is 14.6. The summed E-state index contributed by atoms with van der Waals surface area (Å²) >= 11 is 0. The first-order valence-corrected chi connectivity index (χ1v) is 9.00. The number of anilines is 1. The Labute approximate surface area is 144 Å². The van der Waals surface area contributed by atoms with E-state index in [1.54, 1.807) is 0 Å². The van der Waals surface area contributed by atoms with E-state index >= 15 is 0 Å².